The Hall–Kier alpha value is -8.34. The second-order valence-corrected chi connectivity index (χ2v) is 16.0. The van der Waals surface area contributed by atoms with Gasteiger partial charge in [0.1, 0.15) is 22.3 Å². The molecule has 0 unspecified atom stereocenters. The second kappa shape index (κ2) is 13.6. The first-order valence-corrected chi connectivity index (χ1v) is 21.1. The maximum atomic E-state index is 7.03. The molecule has 10 aromatic carbocycles. The van der Waals surface area contributed by atoms with Crippen LogP contribution in [0.3, 0.4) is 0 Å². The molecule has 0 fully saturated rings. The fourth-order valence-electron chi connectivity index (χ4n) is 9.86. The monoisotopic (exact) mass is 792 g/mol. The van der Waals surface area contributed by atoms with E-state index in [2.05, 4.69) is 216 Å². The zero-order valence-corrected chi connectivity index (χ0v) is 33.5. The standard InChI is InChI=1S/C58H36N2O2/c1-2-17-40-37(15-1)16-13-28-49(40)59(39-33-31-38(32-34-39)41-23-14-24-46-45-21-6-11-29-54(45)61-57(41)46)53-36-35-47(58-56(53)48-22-7-12-30-55(48)62-58)44-20-5-10-27-52(44)60-50-25-8-3-18-42(50)43-19-4-9-26-51(43)60/h1-36H. The summed E-state index contributed by atoms with van der Waals surface area (Å²) in [5.41, 5.74) is 14.3. The summed E-state index contributed by atoms with van der Waals surface area (Å²) in [5.74, 6) is 0. The maximum Gasteiger partial charge on any atom is 0.145 e. The molecule has 13 aromatic rings. The Morgan fingerprint density at radius 2 is 0.903 bits per heavy atom. The predicted octanol–water partition coefficient (Wildman–Crippen LogP) is 16.5. The van der Waals surface area contributed by atoms with E-state index in [0.29, 0.717) is 0 Å². The van der Waals surface area contributed by atoms with Crippen LogP contribution in [0.2, 0.25) is 0 Å². The average molecular weight is 793 g/mol. The van der Waals surface area contributed by atoms with Crippen molar-refractivity contribution >= 4 is 93.5 Å². The fraction of sp³-hybridized carbons (Fsp3) is 0. The normalized spacial score (nSPS) is 11.9. The minimum Gasteiger partial charge on any atom is -0.455 e. The van der Waals surface area contributed by atoms with Gasteiger partial charge < -0.3 is 18.3 Å². The largest absolute Gasteiger partial charge is 0.455 e. The summed E-state index contributed by atoms with van der Waals surface area (Å²) >= 11 is 0. The molecule has 3 aromatic heterocycles. The van der Waals surface area contributed by atoms with E-state index in [9.17, 15) is 0 Å². The van der Waals surface area contributed by atoms with Gasteiger partial charge in [-0.1, -0.05) is 158 Å². The molecule has 0 N–H and O–H groups in total. The smallest absolute Gasteiger partial charge is 0.145 e. The molecule has 0 bridgehead atoms. The van der Waals surface area contributed by atoms with Crippen LogP contribution in [0, 0.1) is 0 Å². The molecule has 3 heterocycles. The van der Waals surface area contributed by atoms with Crippen molar-refractivity contribution in [2.24, 2.45) is 0 Å². The molecule has 62 heavy (non-hydrogen) atoms. The van der Waals surface area contributed by atoms with Crippen molar-refractivity contribution in [2.75, 3.05) is 4.90 Å². The first kappa shape index (κ1) is 34.5. The van der Waals surface area contributed by atoms with E-state index in [4.69, 9.17) is 8.83 Å². The van der Waals surface area contributed by atoms with Gasteiger partial charge in [-0.05, 0) is 71.6 Å². The first-order chi connectivity index (χ1) is 30.8. The highest BCUT2D eigenvalue weighted by atomic mass is 16.3. The summed E-state index contributed by atoms with van der Waals surface area (Å²) < 4.78 is 15.9. The van der Waals surface area contributed by atoms with Crippen LogP contribution in [0.5, 0.6) is 0 Å². The van der Waals surface area contributed by atoms with Gasteiger partial charge in [-0.25, -0.2) is 0 Å². The van der Waals surface area contributed by atoms with Crippen molar-refractivity contribution in [1.82, 2.24) is 4.57 Å². The number of benzene rings is 10. The number of nitrogens with zero attached hydrogens (tertiary/aromatic N) is 2. The Balaban J connectivity index is 1.05. The van der Waals surface area contributed by atoms with Crippen LogP contribution < -0.4 is 4.90 Å². The summed E-state index contributed by atoms with van der Waals surface area (Å²) in [6, 6.07) is 77.8. The molecule has 0 amide bonds. The van der Waals surface area contributed by atoms with Crippen LogP contribution in [-0.2, 0) is 0 Å². The van der Waals surface area contributed by atoms with E-state index >= 15 is 0 Å². The summed E-state index contributed by atoms with van der Waals surface area (Å²) in [5, 5.41) is 9.16. The van der Waals surface area contributed by atoms with Crippen LogP contribution in [0.4, 0.5) is 17.1 Å². The Labute approximate surface area is 356 Å². The fourth-order valence-corrected chi connectivity index (χ4v) is 9.86. The van der Waals surface area contributed by atoms with Crippen LogP contribution in [0.1, 0.15) is 0 Å². The van der Waals surface area contributed by atoms with Crippen LogP contribution in [0.25, 0.3) is 104 Å². The van der Waals surface area contributed by atoms with Gasteiger partial charge in [0.15, 0.2) is 0 Å². The van der Waals surface area contributed by atoms with E-state index in [1.54, 1.807) is 0 Å². The Morgan fingerprint density at radius 3 is 1.69 bits per heavy atom. The van der Waals surface area contributed by atoms with Crippen molar-refractivity contribution < 1.29 is 8.83 Å². The van der Waals surface area contributed by atoms with Gasteiger partial charge in [0.25, 0.3) is 0 Å². The second-order valence-electron chi connectivity index (χ2n) is 16.0. The third-order valence-electron chi connectivity index (χ3n) is 12.6. The number of furan rings is 2. The molecular formula is C58H36N2O2. The summed E-state index contributed by atoms with van der Waals surface area (Å²) in [6.07, 6.45) is 0. The molecule has 0 radical (unpaired) electrons. The van der Waals surface area contributed by atoms with Crippen molar-refractivity contribution in [2.45, 2.75) is 0 Å². The van der Waals surface area contributed by atoms with Crippen LogP contribution in [-0.4, -0.2) is 4.57 Å². The maximum absolute atomic E-state index is 7.03. The van der Waals surface area contributed by atoms with Gasteiger partial charge in [-0.15, -0.1) is 0 Å². The summed E-state index contributed by atoms with van der Waals surface area (Å²) in [6.45, 7) is 0. The number of aromatic nitrogens is 1. The van der Waals surface area contributed by atoms with Gasteiger partial charge in [-0.2, -0.15) is 0 Å². The minimum absolute atomic E-state index is 0.843. The van der Waals surface area contributed by atoms with Crippen molar-refractivity contribution in [1.29, 1.82) is 0 Å². The molecule has 4 heteroatoms. The number of hydrogen-bond donors (Lipinski definition) is 0. The third-order valence-corrected chi connectivity index (χ3v) is 12.6. The van der Waals surface area contributed by atoms with Crippen molar-refractivity contribution in [3.8, 4) is 27.9 Å². The molecule has 0 spiro atoms. The van der Waals surface area contributed by atoms with Gasteiger partial charge in [-0.3, -0.25) is 0 Å². The predicted molar refractivity (Wildman–Crippen MR) is 258 cm³/mol. The molecule has 0 aliphatic carbocycles. The first-order valence-electron chi connectivity index (χ1n) is 21.1. The molecule has 0 saturated heterocycles. The lowest BCUT2D eigenvalue weighted by atomic mass is 9.97. The van der Waals surface area contributed by atoms with E-state index in [1.807, 2.05) is 12.1 Å². The van der Waals surface area contributed by atoms with E-state index in [0.717, 1.165) is 94.3 Å². The lowest BCUT2D eigenvalue weighted by Gasteiger charge is -2.28. The zero-order valence-electron chi connectivity index (χ0n) is 33.5. The number of para-hydroxylation sites is 6. The van der Waals surface area contributed by atoms with Crippen molar-refractivity contribution in [3.05, 3.63) is 218 Å². The van der Waals surface area contributed by atoms with Crippen molar-refractivity contribution in [3.63, 3.8) is 0 Å². The van der Waals surface area contributed by atoms with Gasteiger partial charge in [0.2, 0.25) is 0 Å². The topological polar surface area (TPSA) is 34.5 Å². The number of hydrogen-bond acceptors (Lipinski definition) is 3. The van der Waals surface area contributed by atoms with E-state index in [1.165, 1.54) is 27.2 Å². The minimum atomic E-state index is 0.843. The zero-order chi connectivity index (χ0) is 40.7. The van der Waals surface area contributed by atoms with Gasteiger partial charge in [0.05, 0.1) is 33.5 Å². The molecule has 290 valence electrons. The SMILES string of the molecule is c1ccc(-n2c3ccccc3c3ccccc32)c(-c2ccc(N(c3ccc(-c4cccc5c4oc4ccccc45)cc3)c3cccc4ccccc34)c3c2oc2ccccc23)c1. The number of anilines is 3. The number of fused-ring (bicyclic) bond motifs is 10. The lowest BCUT2D eigenvalue weighted by molar-refractivity contribution is 0.669. The van der Waals surface area contributed by atoms with Crippen LogP contribution >= 0.6 is 0 Å². The Bertz CT molecular complexity index is 3830. The Kier molecular flexibility index (Phi) is 7.57. The summed E-state index contributed by atoms with van der Waals surface area (Å²) in [7, 11) is 0. The quantitative estimate of drug-likeness (QED) is 0.168. The van der Waals surface area contributed by atoms with Gasteiger partial charge >= 0.3 is 0 Å². The molecule has 4 nitrogen and oxygen atoms in total. The lowest BCUT2D eigenvalue weighted by Crippen LogP contribution is -2.11. The average Bonchev–Trinajstić information content (AvgIpc) is 4.02. The molecular weight excluding hydrogens is 757 g/mol. The Morgan fingerprint density at radius 1 is 0.339 bits per heavy atom. The van der Waals surface area contributed by atoms with E-state index in [-0.39, 0.29) is 0 Å². The van der Waals surface area contributed by atoms with Gasteiger partial charge in [0, 0.05) is 54.7 Å². The molecule has 0 saturated carbocycles. The highest BCUT2D eigenvalue weighted by Gasteiger charge is 2.25. The third kappa shape index (κ3) is 5.14. The summed E-state index contributed by atoms with van der Waals surface area (Å²) in [4.78, 5) is 2.40. The number of rotatable bonds is 6. The van der Waals surface area contributed by atoms with Crippen LogP contribution in [0.15, 0.2) is 227 Å². The molecule has 0 atom stereocenters. The molecule has 13 rings (SSSR count). The molecule has 0 aliphatic heterocycles. The van der Waals surface area contributed by atoms with E-state index < -0.39 is 0 Å². The highest BCUT2D eigenvalue weighted by molar-refractivity contribution is 6.19. The highest BCUT2D eigenvalue weighted by Crippen LogP contribution is 2.49. The molecule has 0 aliphatic rings.